The number of carbonyl (C=O) groups excluding carboxylic acids is 2. The molecule has 1 fully saturated rings. The minimum atomic E-state index is -0.274. The highest BCUT2D eigenvalue weighted by Crippen LogP contribution is 2.23. The Morgan fingerprint density at radius 2 is 1.78 bits per heavy atom. The van der Waals surface area contributed by atoms with Crippen molar-refractivity contribution in [3.63, 3.8) is 0 Å². The van der Waals surface area contributed by atoms with Crippen LogP contribution < -0.4 is 10.6 Å². The molecule has 1 aromatic heterocycles. The number of nitrogens with zero attached hydrogens (tertiary/aromatic N) is 1. The predicted molar refractivity (Wildman–Crippen MR) is 127 cm³/mol. The number of carbonyl (C=O) groups is 2. The third-order valence-corrected chi connectivity index (χ3v) is 6.38. The summed E-state index contributed by atoms with van der Waals surface area (Å²) in [7, 11) is 0. The number of ether oxygens (including phenoxy) is 1. The number of thiophene rings is 1. The highest BCUT2D eigenvalue weighted by Gasteiger charge is 2.17. The molecule has 1 saturated heterocycles. The van der Waals surface area contributed by atoms with E-state index in [4.69, 9.17) is 16.3 Å². The molecule has 166 valence electrons. The van der Waals surface area contributed by atoms with Crippen molar-refractivity contribution in [2.45, 2.75) is 13.1 Å². The fourth-order valence-electron chi connectivity index (χ4n) is 3.56. The van der Waals surface area contributed by atoms with Gasteiger partial charge in [-0.05, 0) is 40.8 Å². The Balaban J connectivity index is 1.45. The molecule has 0 bridgehead atoms. The molecular weight excluding hydrogens is 446 g/mol. The first-order valence-electron chi connectivity index (χ1n) is 10.4. The van der Waals surface area contributed by atoms with Crippen LogP contribution in [0.25, 0.3) is 0 Å². The zero-order chi connectivity index (χ0) is 22.3. The number of morpholine rings is 1. The maximum Gasteiger partial charge on any atom is 0.265 e. The van der Waals surface area contributed by atoms with Crippen LogP contribution in [-0.4, -0.2) is 43.0 Å². The normalized spacial score (nSPS) is 14.2. The highest BCUT2D eigenvalue weighted by atomic mass is 35.5. The number of benzene rings is 2. The summed E-state index contributed by atoms with van der Waals surface area (Å²) in [5, 5.41) is 8.06. The zero-order valence-corrected chi connectivity index (χ0v) is 19.0. The average molecular weight is 470 g/mol. The van der Waals surface area contributed by atoms with Crippen LogP contribution in [0.5, 0.6) is 0 Å². The Bertz CT molecular complexity index is 1080. The van der Waals surface area contributed by atoms with Gasteiger partial charge in [-0.25, -0.2) is 0 Å². The summed E-state index contributed by atoms with van der Waals surface area (Å²) in [5.41, 5.74) is 2.99. The van der Waals surface area contributed by atoms with Crippen molar-refractivity contribution in [3.8, 4) is 0 Å². The van der Waals surface area contributed by atoms with E-state index in [0.717, 1.165) is 38.4 Å². The van der Waals surface area contributed by atoms with Gasteiger partial charge < -0.3 is 15.4 Å². The molecule has 0 atom stereocenters. The van der Waals surface area contributed by atoms with Gasteiger partial charge in [-0.2, -0.15) is 0 Å². The molecule has 0 spiro atoms. The van der Waals surface area contributed by atoms with Crippen molar-refractivity contribution >= 4 is 40.4 Å². The Morgan fingerprint density at radius 3 is 2.53 bits per heavy atom. The van der Waals surface area contributed by atoms with Crippen molar-refractivity contribution in [2.24, 2.45) is 0 Å². The van der Waals surface area contributed by atoms with Gasteiger partial charge in [0, 0.05) is 31.2 Å². The second-order valence-corrected chi connectivity index (χ2v) is 8.85. The summed E-state index contributed by atoms with van der Waals surface area (Å²) in [5.74, 6) is -0.545. The lowest BCUT2D eigenvalue weighted by atomic mass is 10.1. The van der Waals surface area contributed by atoms with Crippen LogP contribution >= 0.6 is 22.9 Å². The summed E-state index contributed by atoms with van der Waals surface area (Å²) in [6.45, 7) is 4.50. The van der Waals surface area contributed by atoms with Gasteiger partial charge in [0.05, 0.1) is 29.3 Å². The average Bonchev–Trinajstić information content (AvgIpc) is 3.34. The van der Waals surface area contributed by atoms with Crippen molar-refractivity contribution < 1.29 is 14.3 Å². The molecule has 1 aliphatic rings. The quantitative estimate of drug-likeness (QED) is 0.537. The second kappa shape index (κ2) is 10.7. The highest BCUT2D eigenvalue weighted by molar-refractivity contribution is 7.12. The van der Waals surface area contributed by atoms with Crippen LogP contribution in [0, 0.1) is 0 Å². The molecule has 32 heavy (non-hydrogen) atoms. The molecule has 8 heteroatoms. The number of nitrogens with one attached hydrogen (secondary N) is 2. The third-order valence-electron chi connectivity index (χ3n) is 5.27. The number of hydrogen-bond donors (Lipinski definition) is 2. The van der Waals surface area contributed by atoms with Gasteiger partial charge in [0.1, 0.15) is 0 Å². The molecule has 2 aromatic carbocycles. The summed E-state index contributed by atoms with van der Waals surface area (Å²) >= 11 is 7.46. The number of rotatable bonds is 7. The molecule has 1 aliphatic heterocycles. The van der Waals surface area contributed by atoms with Crippen LogP contribution in [0.2, 0.25) is 5.02 Å². The third kappa shape index (κ3) is 5.75. The lowest BCUT2D eigenvalue weighted by Gasteiger charge is -2.27. The molecule has 4 rings (SSSR count). The fourth-order valence-corrected chi connectivity index (χ4v) is 4.36. The van der Waals surface area contributed by atoms with Gasteiger partial charge in [-0.3, -0.25) is 14.5 Å². The summed E-state index contributed by atoms with van der Waals surface area (Å²) < 4.78 is 5.43. The maximum atomic E-state index is 13.0. The summed E-state index contributed by atoms with van der Waals surface area (Å²) in [4.78, 5) is 28.4. The molecule has 2 amide bonds. The van der Waals surface area contributed by atoms with Crippen LogP contribution in [0.4, 0.5) is 5.69 Å². The van der Waals surface area contributed by atoms with E-state index in [2.05, 4.69) is 21.6 Å². The van der Waals surface area contributed by atoms with E-state index in [-0.39, 0.29) is 11.8 Å². The number of halogens is 1. The molecule has 3 aromatic rings. The molecule has 0 radical (unpaired) electrons. The SMILES string of the molecule is O=C(Nc1cc(Cl)ccc1C(=O)NCc1ccccc1CN1CCOCC1)c1cccs1. The van der Waals surface area contributed by atoms with E-state index in [1.807, 2.05) is 23.6 Å². The number of hydrogen-bond acceptors (Lipinski definition) is 5. The van der Waals surface area contributed by atoms with Crippen molar-refractivity contribution in [1.82, 2.24) is 10.2 Å². The van der Waals surface area contributed by atoms with E-state index in [0.29, 0.717) is 27.7 Å². The van der Waals surface area contributed by atoms with Crippen molar-refractivity contribution in [3.05, 3.63) is 86.6 Å². The lowest BCUT2D eigenvalue weighted by Crippen LogP contribution is -2.36. The molecule has 0 aliphatic carbocycles. The second-order valence-electron chi connectivity index (χ2n) is 7.46. The molecule has 0 saturated carbocycles. The Morgan fingerprint density at radius 1 is 1.00 bits per heavy atom. The predicted octanol–water partition coefficient (Wildman–Crippen LogP) is 4.42. The Kier molecular flexibility index (Phi) is 7.55. The molecule has 2 N–H and O–H groups in total. The minimum Gasteiger partial charge on any atom is -0.379 e. The van der Waals surface area contributed by atoms with Gasteiger partial charge >= 0.3 is 0 Å². The molecule has 0 unspecified atom stereocenters. The summed E-state index contributed by atoms with van der Waals surface area (Å²) in [6.07, 6.45) is 0. The van der Waals surface area contributed by atoms with Gasteiger partial charge in [-0.15, -0.1) is 11.3 Å². The zero-order valence-electron chi connectivity index (χ0n) is 17.5. The van der Waals surface area contributed by atoms with Crippen LogP contribution in [-0.2, 0) is 17.8 Å². The first-order valence-corrected chi connectivity index (χ1v) is 11.7. The monoisotopic (exact) mass is 469 g/mol. The maximum absolute atomic E-state index is 13.0. The number of amides is 2. The van der Waals surface area contributed by atoms with E-state index < -0.39 is 0 Å². The van der Waals surface area contributed by atoms with Crippen molar-refractivity contribution in [2.75, 3.05) is 31.6 Å². The molecular formula is C24H24ClN3O3S. The van der Waals surface area contributed by atoms with Gasteiger partial charge in [0.15, 0.2) is 0 Å². The smallest absolute Gasteiger partial charge is 0.265 e. The van der Waals surface area contributed by atoms with Gasteiger partial charge in [0.25, 0.3) is 11.8 Å². The molecule has 2 heterocycles. The standard InChI is InChI=1S/C24H24ClN3O3S/c25-19-7-8-20(21(14-19)27-24(30)22-6-3-13-32-22)23(29)26-15-17-4-1-2-5-18(17)16-28-9-11-31-12-10-28/h1-8,13-14H,9-12,15-16H2,(H,26,29)(H,27,30). The summed E-state index contributed by atoms with van der Waals surface area (Å²) in [6, 6.07) is 16.5. The van der Waals surface area contributed by atoms with E-state index in [1.165, 1.54) is 16.9 Å². The van der Waals surface area contributed by atoms with Crippen molar-refractivity contribution in [1.29, 1.82) is 0 Å². The van der Waals surface area contributed by atoms with E-state index >= 15 is 0 Å². The van der Waals surface area contributed by atoms with Crippen LogP contribution in [0.15, 0.2) is 60.0 Å². The minimum absolute atomic E-state index is 0.271. The van der Waals surface area contributed by atoms with E-state index in [9.17, 15) is 9.59 Å². The number of anilines is 1. The van der Waals surface area contributed by atoms with Crippen LogP contribution in [0.3, 0.4) is 0 Å². The molecule has 6 nitrogen and oxygen atoms in total. The first-order chi connectivity index (χ1) is 15.6. The largest absolute Gasteiger partial charge is 0.379 e. The van der Waals surface area contributed by atoms with E-state index in [1.54, 1.807) is 30.3 Å². The van der Waals surface area contributed by atoms with Gasteiger partial charge in [0.2, 0.25) is 0 Å². The van der Waals surface area contributed by atoms with Gasteiger partial charge in [-0.1, -0.05) is 41.9 Å². The first kappa shape index (κ1) is 22.5. The Labute approximate surface area is 196 Å². The Hall–Kier alpha value is -2.71. The topological polar surface area (TPSA) is 70.7 Å². The van der Waals surface area contributed by atoms with Crippen LogP contribution in [0.1, 0.15) is 31.2 Å². The fraction of sp³-hybridized carbons (Fsp3) is 0.250. The lowest BCUT2D eigenvalue weighted by molar-refractivity contribution is 0.0340.